The van der Waals surface area contributed by atoms with Gasteiger partial charge in [-0.2, -0.15) is 0 Å². The number of hydrogen-bond donors (Lipinski definition) is 0. The van der Waals surface area contributed by atoms with Gasteiger partial charge in [0.1, 0.15) is 10.1 Å². The van der Waals surface area contributed by atoms with E-state index in [0.29, 0.717) is 6.42 Å². The summed E-state index contributed by atoms with van der Waals surface area (Å²) in [5, 5.41) is -2.07. The first-order valence-electron chi connectivity index (χ1n) is 11.7. The fourth-order valence-corrected chi connectivity index (χ4v) is 3.85. The van der Waals surface area contributed by atoms with Crippen molar-refractivity contribution < 1.29 is 61.6 Å². The summed E-state index contributed by atoms with van der Waals surface area (Å²) in [6.45, 7) is 3.86. The van der Waals surface area contributed by atoms with Crippen molar-refractivity contribution in [2.45, 2.75) is 115 Å². The predicted octanol–water partition coefficient (Wildman–Crippen LogP) is 2.40. The van der Waals surface area contributed by atoms with E-state index in [1.165, 1.54) is 70.3 Å². The van der Waals surface area contributed by atoms with Gasteiger partial charge in [0, 0.05) is 0 Å². The van der Waals surface area contributed by atoms with E-state index in [1.54, 1.807) is 6.92 Å². The van der Waals surface area contributed by atoms with Gasteiger partial charge in [-0.3, -0.25) is 9.59 Å². The molecule has 0 fully saturated rings. The molecular formula is C23H41NaO7S. The number of esters is 2. The maximum atomic E-state index is 11.9. The SMILES string of the molecule is C/C=C/OC(=O)CC(C(=O)OCCCCCCCCCCCCCCCC)S(=O)(=O)[O-].[Na+]. The van der Waals surface area contributed by atoms with Crippen LogP contribution in [0, 0.1) is 0 Å². The molecule has 0 heterocycles. The number of rotatable bonds is 20. The first kappa shape index (κ1) is 33.8. The second-order valence-electron chi connectivity index (χ2n) is 7.91. The fourth-order valence-electron chi connectivity index (χ4n) is 3.21. The number of unbranched alkanes of at least 4 members (excludes halogenated alkanes) is 13. The monoisotopic (exact) mass is 484 g/mol. The second kappa shape index (κ2) is 22.4. The third kappa shape index (κ3) is 20.2. The van der Waals surface area contributed by atoms with Crippen LogP contribution in [0.15, 0.2) is 12.3 Å². The molecule has 0 aliphatic rings. The molecule has 0 aliphatic carbocycles. The van der Waals surface area contributed by atoms with Crippen molar-refractivity contribution in [3.63, 3.8) is 0 Å². The normalized spacial score (nSPS) is 12.3. The van der Waals surface area contributed by atoms with Crippen LogP contribution >= 0.6 is 0 Å². The fraction of sp³-hybridized carbons (Fsp3) is 0.826. The Bertz CT molecular complexity index is 605. The molecule has 0 spiro atoms. The number of carbonyl (C=O) groups excluding carboxylic acids is 2. The van der Waals surface area contributed by atoms with E-state index in [0.717, 1.165) is 25.5 Å². The van der Waals surface area contributed by atoms with Crippen LogP contribution in [-0.4, -0.2) is 36.8 Å². The van der Waals surface area contributed by atoms with Gasteiger partial charge in [-0.1, -0.05) is 96.5 Å². The van der Waals surface area contributed by atoms with E-state index in [9.17, 15) is 22.6 Å². The van der Waals surface area contributed by atoms with E-state index in [1.807, 2.05) is 0 Å². The largest absolute Gasteiger partial charge is 1.00 e. The smallest absolute Gasteiger partial charge is 0.747 e. The molecule has 0 aliphatic heterocycles. The number of carbonyl (C=O) groups is 2. The van der Waals surface area contributed by atoms with Crippen LogP contribution in [0.5, 0.6) is 0 Å². The Hall–Kier alpha value is -0.410. The Labute approximate surface area is 217 Å². The zero-order valence-electron chi connectivity index (χ0n) is 20.3. The van der Waals surface area contributed by atoms with Gasteiger partial charge in [-0.05, 0) is 13.3 Å². The van der Waals surface area contributed by atoms with Crippen molar-refractivity contribution >= 4 is 22.1 Å². The van der Waals surface area contributed by atoms with Gasteiger partial charge in [0.25, 0.3) is 0 Å². The second-order valence-corrected chi connectivity index (χ2v) is 9.46. The first-order valence-corrected chi connectivity index (χ1v) is 13.2. The Morgan fingerprint density at radius 1 is 0.844 bits per heavy atom. The Balaban J connectivity index is 0. The molecule has 7 nitrogen and oxygen atoms in total. The number of ether oxygens (including phenoxy) is 2. The molecular weight excluding hydrogens is 443 g/mol. The van der Waals surface area contributed by atoms with Crippen molar-refractivity contribution in [3.05, 3.63) is 12.3 Å². The summed E-state index contributed by atoms with van der Waals surface area (Å²) in [5.41, 5.74) is 0. The van der Waals surface area contributed by atoms with Crippen LogP contribution in [-0.2, 0) is 29.2 Å². The summed E-state index contributed by atoms with van der Waals surface area (Å²) in [5.74, 6) is -2.17. The Morgan fingerprint density at radius 2 is 1.28 bits per heavy atom. The Kier molecular flexibility index (Phi) is 23.6. The van der Waals surface area contributed by atoms with Gasteiger partial charge in [0.15, 0.2) is 5.25 Å². The third-order valence-electron chi connectivity index (χ3n) is 5.04. The Morgan fingerprint density at radius 3 is 1.69 bits per heavy atom. The molecule has 9 heteroatoms. The zero-order chi connectivity index (χ0) is 23.4. The van der Waals surface area contributed by atoms with Crippen LogP contribution in [0.1, 0.15) is 110 Å². The summed E-state index contributed by atoms with van der Waals surface area (Å²) >= 11 is 0. The van der Waals surface area contributed by atoms with Gasteiger partial charge >= 0.3 is 41.5 Å². The van der Waals surface area contributed by atoms with E-state index in [2.05, 4.69) is 11.7 Å². The van der Waals surface area contributed by atoms with E-state index >= 15 is 0 Å². The maximum absolute atomic E-state index is 11.9. The summed E-state index contributed by atoms with van der Waals surface area (Å²) in [4.78, 5) is 23.4. The van der Waals surface area contributed by atoms with Gasteiger partial charge in [-0.25, -0.2) is 8.42 Å². The van der Waals surface area contributed by atoms with Gasteiger partial charge < -0.3 is 14.0 Å². The standard InChI is InChI=1S/C23H42O7S.Na/c1-3-5-6-7-8-9-10-11-12-13-14-15-16-17-19-30-23(25)21(31(26,27)28)20-22(24)29-18-4-2;/h4,18,21H,3,5-17,19-20H2,1-2H3,(H,26,27,28);/q;+1/p-1/b18-4+;. The van der Waals surface area contributed by atoms with Crippen LogP contribution in [0.2, 0.25) is 0 Å². The average Bonchev–Trinajstić information content (AvgIpc) is 2.72. The van der Waals surface area contributed by atoms with Crippen molar-refractivity contribution in [1.29, 1.82) is 0 Å². The van der Waals surface area contributed by atoms with Crippen LogP contribution in [0.25, 0.3) is 0 Å². The minimum Gasteiger partial charge on any atom is -0.747 e. The third-order valence-corrected chi connectivity index (χ3v) is 6.10. The summed E-state index contributed by atoms with van der Waals surface area (Å²) < 4.78 is 43.2. The maximum Gasteiger partial charge on any atom is 1.00 e. The minimum absolute atomic E-state index is 0. The molecule has 182 valence electrons. The number of hydrogen-bond acceptors (Lipinski definition) is 7. The molecule has 1 atom stereocenters. The predicted molar refractivity (Wildman–Crippen MR) is 120 cm³/mol. The van der Waals surface area contributed by atoms with E-state index in [-0.39, 0.29) is 36.2 Å². The van der Waals surface area contributed by atoms with E-state index in [4.69, 9.17) is 4.74 Å². The topological polar surface area (TPSA) is 110 Å². The quantitative estimate of drug-likeness (QED) is 0.0858. The minimum atomic E-state index is -5.00. The summed E-state index contributed by atoms with van der Waals surface area (Å²) in [6.07, 6.45) is 18.3. The molecule has 1 unspecified atom stereocenters. The molecule has 32 heavy (non-hydrogen) atoms. The molecule has 0 N–H and O–H groups in total. The first-order chi connectivity index (χ1) is 14.8. The van der Waals surface area contributed by atoms with Gasteiger partial charge in [0.2, 0.25) is 0 Å². The van der Waals surface area contributed by atoms with E-state index < -0.39 is 33.7 Å². The molecule has 0 aromatic carbocycles. The van der Waals surface area contributed by atoms with Gasteiger partial charge in [-0.15, -0.1) is 0 Å². The molecule has 0 aromatic rings. The number of allylic oxidation sites excluding steroid dienone is 1. The van der Waals surface area contributed by atoms with Crippen molar-refractivity contribution in [1.82, 2.24) is 0 Å². The van der Waals surface area contributed by atoms with Crippen molar-refractivity contribution in [2.24, 2.45) is 0 Å². The molecule has 0 radical (unpaired) electrons. The molecule has 0 saturated carbocycles. The summed E-state index contributed by atoms with van der Waals surface area (Å²) in [7, 11) is -5.00. The molecule has 0 aromatic heterocycles. The van der Waals surface area contributed by atoms with Crippen LogP contribution < -0.4 is 29.6 Å². The summed E-state index contributed by atoms with van der Waals surface area (Å²) in [6, 6.07) is 0. The van der Waals surface area contributed by atoms with Gasteiger partial charge in [0.05, 0.1) is 19.3 Å². The molecule has 0 rings (SSSR count). The zero-order valence-corrected chi connectivity index (χ0v) is 23.1. The average molecular weight is 485 g/mol. The molecule has 0 bridgehead atoms. The molecule has 0 amide bonds. The van der Waals surface area contributed by atoms with Crippen LogP contribution in [0.3, 0.4) is 0 Å². The molecule has 0 saturated heterocycles. The van der Waals surface area contributed by atoms with Crippen LogP contribution in [0.4, 0.5) is 0 Å². The van der Waals surface area contributed by atoms with Crippen molar-refractivity contribution in [3.8, 4) is 0 Å². The van der Waals surface area contributed by atoms with Crippen molar-refractivity contribution in [2.75, 3.05) is 6.61 Å².